The molecule has 0 radical (unpaired) electrons. The Morgan fingerprint density at radius 3 is 2.65 bits per heavy atom. The minimum atomic E-state index is 0.0916. The molecule has 0 saturated heterocycles. The SMILES string of the molecule is CCn1c(-c2cnc(C)nc2)nc2c(NC3CCC(C(=O)N(C)C4CC4)C3)ncnc21. The smallest absolute Gasteiger partial charge is 0.225 e. The second-order valence-electron chi connectivity index (χ2n) is 8.62. The summed E-state index contributed by atoms with van der Waals surface area (Å²) in [6.07, 6.45) is 10.1. The lowest BCUT2D eigenvalue weighted by Crippen LogP contribution is -2.34. The van der Waals surface area contributed by atoms with Crippen LogP contribution in [0.25, 0.3) is 22.6 Å². The second-order valence-corrected chi connectivity index (χ2v) is 8.62. The molecule has 0 aromatic carbocycles. The van der Waals surface area contributed by atoms with E-state index < -0.39 is 0 Å². The Labute approximate surface area is 181 Å². The maximum Gasteiger partial charge on any atom is 0.225 e. The van der Waals surface area contributed by atoms with Crippen molar-refractivity contribution in [3.63, 3.8) is 0 Å². The van der Waals surface area contributed by atoms with Gasteiger partial charge in [0.15, 0.2) is 17.0 Å². The van der Waals surface area contributed by atoms with Crippen LogP contribution in [0.2, 0.25) is 0 Å². The predicted octanol–water partition coefficient (Wildman–Crippen LogP) is 2.81. The van der Waals surface area contributed by atoms with E-state index in [0.29, 0.717) is 6.04 Å². The Morgan fingerprint density at radius 2 is 1.94 bits per heavy atom. The predicted molar refractivity (Wildman–Crippen MR) is 117 cm³/mol. The van der Waals surface area contributed by atoms with Gasteiger partial charge in [-0.15, -0.1) is 0 Å². The molecule has 2 atom stereocenters. The molecule has 0 spiro atoms. The number of amides is 1. The van der Waals surface area contributed by atoms with Gasteiger partial charge in [0.05, 0.1) is 5.56 Å². The zero-order chi connectivity index (χ0) is 21.5. The van der Waals surface area contributed by atoms with Gasteiger partial charge in [0.2, 0.25) is 5.91 Å². The first kappa shape index (κ1) is 19.8. The number of carbonyl (C=O) groups is 1. The maximum atomic E-state index is 12.7. The number of nitrogens with zero attached hydrogens (tertiary/aromatic N) is 7. The minimum Gasteiger partial charge on any atom is -0.365 e. The van der Waals surface area contributed by atoms with Crippen LogP contribution < -0.4 is 5.32 Å². The fourth-order valence-electron chi connectivity index (χ4n) is 4.53. The van der Waals surface area contributed by atoms with Crippen LogP contribution in [0.3, 0.4) is 0 Å². The van der Waals surface area contributed by atoms with Gasteiger partial charge in [-0.1, -0.05) is 0 Å². The lowest BCUT2D eigenvalue weighted by Gasteiger charge is -2.21. The quantitative estimate of drug-likeness (QED) is 0.654. The summed E-state index contributed by atoms with van der Waals surface area (Å²) in [6.45, 7) is 4.66. The van der Waals surface area contributed by atoms with Crippen molar-refractivity contribution in [3.05, 3.63) is 24.5 Å². The van der Waals surface area contributed by atoms with Gasteiger partial charge in [-0.2, -0.15) is 0 Å². The van der Waals surface area contributed by atoms with Gasteiger partial charge in [0, 0.05) is 44.0 Å². The Kier molecular flexibility index (Phi) is 5.03. The van der Waals surface area contributed by atoms with Crippen molar-refractivity contribution in [2.75, 3.05) is 12.4 Å². The number of rotatable bonds is 6. The fraction of sp³-hybridized carbons (Fsp3) is 0.545. The second kappa shape index (κ2) is 7.86. The molecule has 3 aromatic rings. The normalized spacial score (nSPS) is 20.9. The summed E-state index contributed by atoms with van der Waals surface area (Å²) >= 11 is 0. The fourth-order valence-corrected chi connectivity index (χ4v) is 4.53. The average molecular weight is 421 g/mol. The van der Waals surface area contributed by atoms with Crippen molar-refractivity contribution in [1.82, 2.24) is 34.4 Å². The number of fused-ring (bicyclic) bond motifs is 1. The largest absolute Gasteiger partial charge is 0.365 e. The van der Waals surface area contributed by atoms with Crippen LogP contribution in [0.15, 0.2) is 18.7 Å². The summed E-state index contributed by atoms with van der Waals surface area (Å²) in [5.41, 5.74) is 2.38. The van der Waals surface area contributed by atoms with E-state index in [-0.39, 0.29) is 17.9 Å². The number of aryl methyl sites for hydroxylation is 2. The number of aromatic nitrogens is 6. The molecule has 9 heteroatoms. The van der Waals surface area contributed by atoms with Crippen LogP contribution >= 0.6 is 0 Å². The molecule has 3 heterocycles. The van der Waals surface area contributed by atoms with E-state index in [0.717, 1.165) is 72.8 Å². The molecular weight excluding hydrogens is 392 g/mol. The Morgan fingerprint density at radius 1 is 1.16 bits per heavy atom. The van der Waals surface area contributed by atoms with Crippen molar-refractivity contribution in [1.29, 1.82) is 0 Å². The number of nitrogens with one attached hydrogen (secondary N) is 1. The van der Waals surface area contributed by atoms with Gasteiger partial charge in [0.1, 0.15) is 18.0 Å². The molecule has 162 valence electrons. The van der Waals surface area contributed by atoms with Crippen LogP contribution in [0.5, 0.6) is 0 Å². The molecule has 5 rings (SSSR count). The first-order chi connectivity index (χ1) is 15.0. The summed E-state index contributed by atoms with van der Waals surface area (Å²) in [7, 11) is 1.95. The Bertz CT molecular complexity index is 1100. The summed E-state index contributed by atoms with van der Waals surface area (Å²) in [4.78, 5) is 37.2. The summed E-state index contributed by atoms with van der Waals surface area (Å²) in [6, 6.07) is 0.667. The van der Waals surface area contributed by atoms with E-state index in [9.17, 15) is 4.79 Å². The Balaban J connectivity index is 1.39. The molecule has 2 fully saturated rings. The monoisotopic (exact) mass is 420 g/mol. The van der Waals surface area contributed by atoms with E-state index in [4.69, 9.17) is 4.98 Å². The van der Waals surface area contributed by atoms with Gasteiger partial charge in [-0.05, 0) is 46.0 Å². The lowest BCUT2D eigenvalue weighted by atomic mass is 10.1. The van der Waals surface area contributed by atoms with Crippen molar-refractivity contribution >= 4 is 22.9 Å². The standard InChI is InChI=1S/C22H28N8O/c1-4-30-20(15-10-23-13(2)24-11-15)28-18-19(25-12-26-21(18)30)27-16-6-5-14(9-16)22(31)29(3)17-7-8-17/h10-12,14,16-17H,4-9H2,1-3H3,(H,25,26,27). The highest BCUT2D eigenvalue weighted by Crippen LogP contribution is 2.34. The molecule has 1 N–H and O–H groups in total. The minimum absolute atomic E-state index is 0.0916. The third-order valence-corrected chi connectivity index (χ3v) is 6.45. The van der Waals surface area contributed by atoms with E-state index in [1.54, 1.807) is 18.7 Å². The number of imidazole rings is 1. The van der Waals surface area contributed by atoms with Gasteiger partial charge < -0.3 is 14.8 Å². The lowest BCUT2D eigenvalue weighted by molar-refractivity contribution is -0.134. The molecule has 3 aromatic heterocycles. The third kappa shape index (κ3) is 3.73. The van der Waals surface area contributed by atoms with Gasteiger partial charge in [0.25, 0.3) is 0 Å². The van der Waals surface area contributed by atoms with Gasteiger partial charge >= 0.3 is 0 Å². The van der Waals surface area contributed by atoms with Crippen LogP contribution in [0.1, 0.15) is 44.9 Å². The zero-order valence-electron chi connectivity index (χ0n) is 18.2. The molecular formula is C22H28N8O. The maximum absolute atomic E-state index is 12.7. The first-order valence-corrected chi connectivity index (χ1v) is 11.1. The van der Waals surface area contributed by atoms with Crippen molar-refractivity contribution in [2.45, 2.75) is 64.6 Å². The first-order valence-electron chi connectivity index (χ1n) is 11.1. The van der Waals surface area contributed by atoms with Crippen molar-refractivity contribution < 1.29 is 4.79 Å². The van der Waals surface area contributed by atoms with Crippen molar-refractivity contribution in [3.8, 4) is 11.4 Å². The molecule has 0 aliphatic heterocycles. The van der Waals surface area contributed by atoms with Crippen molar-refractivity contribution in [2.24, 2.45) is 5.92 Å². The number of anilines is 1. The highest BCUT2D eigenvalue weighted by atomic mass is 16.2. The summed E-state index contributed by atoms with van der Waals surface area (Å²) < 4.78 is 2.06. The molecule has 9 nitrogen and oxygen atoms in total. The zero-order valence-corrected chi connectivity index (χ0v) is 18.2. The van der Waals surface area contributed by atoms with E-state index in [1.165, 1.54) is 0 Å². The molecule has 2 unspecified atom stereocenters. The van der Waals surface area contributed by atoms with Crippen LogP contribution in [0.4, 0.5) is 5.82 Å². The van der Waals surface area contributed by atoms with E-state index in [1.807, 2.05) is 18.9 Å². The average Bonchev–Trinajstić information content (AvgIpc) is 3.41. The highest BCUT2D eigenvalue weighted by Gasteiger charge is 2.37. The third-order valence-electron chi connectivity index (χ3n) is 6.45. The number of carbonyl (C=O) groups excluding carboxylic acids is 1. The number of hydrogen-bond acceptors (Lipinski definition) is 7. The molecule has 2 saturated carbocycles. The molecule has 31 heavy (non-hydrogen) atoms. The summed E-state index contributed by atoms with van der Waals surface area (Å²) in [5, 5.41) is 3.55. The summed E-state index contributed by atoms with van der Waals surface area (Å²) in [5.74, 6) is 2.61. The molecule has 2 aliphatic rings. The topological polar surface area (TPSA) is 102 Å². The van der Waals surface area contributed by atoms with Crippen LogP contribution in [-0.2, 0) is 11.3 Å². The van der Waals surface area contributed by atoms with Gasteiger partial charge in [-0.25, -0.2) is 24.9 Å². The number of hydrogen-bond donors (Lipinski definition) is 1. The molecule has 1 amide bonds. The molecule has 2 aliphatic carbocycles. The van der Waals surface area contributed by atoms with Crippen LogP contribution in [-0.4, -0.2) is 59.4 Å². The molecule has 0 bridgehead atoms. The van der Waals surface area contributed by atoms with E-state index >= 15 is 0 Å². The Hall–Kier alpha value is -3.10. The van der Waals surface area contributed by atoms with E-state index in [2.05, 4.69) is 36.7 Å². The van der Waals surface area contributed by atoms with Gasteiger partial charge in [-0.3, -0.25) is 4.79 Å². The van der Waals surface area contributed by atoms with Crippen LogP contribution in [0, 0.1) is 12.8 Å². The highest BCUT2D eigenvalue weighted by molar-refractivity contribution is 5.86.